The third-order valence-corrected chi connectivity index (χ3v) is 3.67. The molecule has 1 aromatic rings. The first-order chi connectivity index (χ1) is 8.98. The molecule has 1 saturated heterocycles. The summed E-state index contributed by atoms with van der Waals surface area (Å²) in [6.45, 7) is 4.38. The number of aryl methyl sites for hydroxylation is 1. The largest absolute Gasteiger partial charge is 0.481 e. The van der Waals surface area contributed by atoms with Crippen molar-refractivity contribution in [3.05, 3.63) is 17.5 Å². The summed E-state index contributed by atoms with van der Waals surface area (Å²) in [5.41, 5.74) is -0.557. The molecule has 1 aromatic heterocycles. The molecule has 0 radical (unpaired) electrons. The summed E-state index contributed by atoms with van der Waals surface area (Å²) in [5, 5.41) is 13.1. The van der Waals surface area contributed by atoms with Crippen molar-refractivity contribution in [1.82, 2.24) is 10.1 Å². The van der Waals surface area contributed by atoms with Crippen LogP contribution in [0.5, 0.6) is 0 Å². The van der Waals surface area contributed by atoms with E-state index in [9.17, 15) is 14.7 Å². The zero-order chi connectivity index (χ0) is 14.0. The van der Waals surface area contributed by atoms with Crippen molar-refractivity contribution < 1.29 is 19.2 Å². The van der Waals surface area contributed by atoms with Gasteiger partial charge >= 0.3 is 5.97 Å². The molecule has 1 N–H and O–H groups in total. The first-order valence-corrected chi connectivity index (χ1v) is 6.44. The standard InChI is InChI=1S/C13H18N2O4/c1-3-4-13(12(17)18)5-6-15(8-13)11(16)10-7-9(2)19-14-10/h7H,3-6,8H2,1-2H3,(H,17,18). The van der Waals surface area contributed by atoms with Gasteiger partial charge in [-0.1, -0.05) is 18.5 Å². The maximum Gasteiger partial charge on any atom is 0.311 e. The number of hydrogen-bond donors (Lipinski definition) is 1. The van der Waals surface area contributed by atoms with E-state index in [4.69, 9.17) is 4.52 Å². The predicted molar refractivity (Wildman–Crippen MR) is 66.7 cm³/mol. The molecule has 1 amide bonds. The fraction of sp³-hybridized carbons (Fsp3) is 0.615. The Hall–Kier alpha value is -1.85. The van der Waals surface area contributed by atoms with Crippen LogP contribution in [0.3, 0.4) is 0 Å². The number of carboxylic acid groups (broad SMARTS) is 1. The van der Waals surface area contributed by atoms with Crippen LogP contribution in [-0.2, 0) is 4.79 Å². The number of hydrogen-bond acceptors (Lipinski definition) is 4. The Balaban J connectivity index is 2.13. The van der Waals surface area contributed by atoms with Gasteiger partial charge in [-0.05, 0) is 19.8 Å². The number of likely N-dealkylation sites (tertiary alicyclic amines) is 1. The lowest BCUT2D eigenvalue weighted by atomic mass is 9.83. The Morgan fingerprint density at radius 3 is 2.84 bits per heavy atom. The number of carboxylic acids is 1. The fourth-order valence-corrected chi connectivity index (χ4v) is 2.64. The van der Waals surface area contributed by atoms with Crippen LogP contribution in [0.15, 0.2) is 10.6 Å². The first-order valence-electron chi connectivity index (χ1n) is 6.44. The van der Waals surface area contributed by atoms with Crippen molar-refractivity contribution in [2.24, 2.45) is 5.41 Å². The van der Waals surface area contributed by atoms with E-state index in [0.29, 0.717) is 25.1 Å². The quantitative estimate of drug-likeness (QED) is 0.896. The zero-order valence-corrected chi connectivity index (χ0v) is 11.2. The third-order valence-electron chi connectivity index (χ3n) is 3.67. The van der Waals surface area contributed by atoms with Crippen molar-refractivity contribution >= 4 is 11.9 Å². The molecule has 0 bridgehead atoms. The van der Waals surface area contributed by atoms with Crippen molar-refractivity contribution in [1.29, 1.82) is 0 Å². The monoisotopic (exact) mass is 266 g/mol. The van der Waals surface area contributed by atoms with Gasteiger partial charge in [0.05, 0.1) is 5.41 Å². The van der Waals surface area contributed by atoms with E-state index in [1.807, 2.05) is 6.92 Å². The van der Waals surface area contributed by atoms with Crippen molar-refractivity contribution in [2.75, 3.05) is 13.1 Å². The normalized spacial score (nSPS) is 22.7. The number of rotatable bonds is 4. The van der Waals surface area contributed by atoms with Gasteiger partial charge in [-0.3, -0.25) is 9.59 Å². The third kappa shape index (κ3) is 2.47. The van der Waals surface area contributed by atoms with Crippen LogP contribution in [0.1, 0.15) is 42.4 Å². The van der Waals surface area contributed by atoms with Crippen molar-refractivity contribution in [3.8, 4) is 0 Å². The van der Waals surface area contributed by atoms with Gasteiger partial charge in [0.2, 0.25) is 0 Å². The fourth-order valence-electron chi connectivity index (χ4n) is 2.64. The van der Waals surface area contributed by atoms with E-state index < -0.39 is 11.4 Å². The first kappa shape index (κ1) is 13.6. The average Bonchev–Trinajstić information content (AvgIpc) is 2.96. The summed E-state index contributed by atoms with van der Waals surface area (Å²) < 4.78 is 4.88. The van der Waals surface area contributed by atoms with E-state index in [0.717, 1.165) is 6.42 Å². The van der Waals surface area contributed by atoms with E-state index in [-0.39, 0.29) is 18.1 Å². The molecule has 1 aliphatic rings. The maximum absolute atomic E-state index is 12.2. The highest BCUT2D eigenvalue weighted by Crippen LogP contribution is 2.36. The SMILES string of the molecule is CCCC1(C(=O)O)CCN(C(=O)c2cc(C)on2)C1. The van der Waals surface area contributed by atoms with Crippen LogP contribution < -0.4 is 0 Å². The lowest BCUT2D eigenvalue weighted by molar-refractivity contribution is -0.148. The molecule has 1 fully saturated rings. The number of aliphatic carboxylic acids is 1. The second kappa shape index (κ2) is 5.03. The lowest BCUT2D eigenvalue weighted by Gasteiger charge is -2.23. The molecule has 19 heavy (non-hydrogen) atoms. The van der Waals surface area contributed by atoms with Crippen LogP contribution in [-0.4, -0.2) is 40.1 Å². The Bertz CT molecular complexity index is 497. The Labute approximate surface area is 111 Å². The molecule has 1 atom stereocenters. The summed E-state index contributed by atoms with van der Waals surface area (Å²) in [6, 6.07) is 1.57. The lowest BCUT2D eigenvalue weighted by Crippen LogP contribution is -2.37. The summed E-state index contributed by atoms with van der Waals surface area (Å²) in [5.74, 6) is -0.502. The highest BCUT2D eigenvalue weighted by atomic mass is 16.5. The summed E-state index contributed by atoms with van der Waals surface area (Å²) in [6.07, 6.45) is 1.88. The number of nitrogens with zero attached hydrogens (tertiary/aromatic N) is 2. The summed E-state index contributed by atoms with van der Waals surface area (Å²) in [7, 11) is 0. The number of carbonyl (C=O) groups is 2. The predicted octanol–water partition coefficient (Wildman–Crippen LogP) is 1.70. The van der Waals surface area contributed by atoms with Gasteiger partial charge in [-0.15, -0.1) is 0 Å². The van der Waals surface area contributed by atoms with E-state index in [2.05, 4.69) is 5.16 Å². The van der Waals surface area contributed by atoms with Gasteiger partial charge < -0.3 is 14.5 Å². The zero-order valence-electron chi connectivity index (χ0n) is 11.2. The van der Waals surface area contributed by atoms with Gasteiger partial charge in [0.25, 0.3) is 5.91 Å². The molecule has 1 aliphatic heterocycles. The molecule has 6 nitrogen and oxygen atoms in total. The van der Waals surface area contributed by atoms with Gasteiger partial charge in [-0.2, -0.15) is 0 Å². The second-order valence-corrected chi connectivity index (χ2v) is 5.13. The number of amides is 1. The minimum Gasteiger partial charge on any atom is -0.481 e. The Morgan fingerprint density at radius 2 is 2.32 bits per heavy atom. The molecular weight excluding hydrogens is 248 g/mol. The minimum absolute atomic E-state index is 0.246. The molecule has 104 valence electrons. The van der Waals surface area contributed by atoms with Crippen molar-refractivity contribution in [2.45, 2.75) is 33.1 Å². The van der Waals surface area contributed by atoms with Crippen LogP contribution in [0, 0.1) is 12.3 Å². The number of carbonyl (C=O) groups excluding carboxylic acids is 1. The van der Waals surface area contributed by atoms with E-state index >= 15 is 0 Å². The molecule has 0 aliphatic carbocycles. The van der Waals surface area contributed by atoms with Crippen LogP contribution in [0.2, 0.25) is 0 Å². The molecule has 0 aromatic carbocycles. The van der Waals surface area contributed by atoms with Crippen LogP contribution in [0.4, 0.5) is 0 Å². The summed E-state index contributed by atoms with van der Waals surface area (Å²) in [4.78, 5) is 25.2. The van der Waals surface area contributed by atoms with E-state index in [1.54, 1.807) is 17.9 Å². The van der Waals surface area contributed by atoms with Gasteiger partial charge in [-0.25, -0.2) is 0 Å². The van der Waals surface area contributed by atoms with Gasteiger partial charge in [0.1, 0.15) is 5.76 Å². The molecule has 1 unspecified atom stereocenters. The second-order valence-electron chi connectivity index (χ2n) is 5.13. The Morgan fingerprint density at radius 1 is 1.58 bits per heavy atom. The molecule has 2 rings (SSSR count). The minimum atomic E-state index is -0.819. The van der Waals surface area contributed by atoms with Crippen molar-refractivity contribution in [3.63, 3.8) is 0 Å². The van der Waals surface area contributed by atoms with Gasteiger partial charge in [0, 0.05) is 19.2 Å². The highest BCUT2D eigenvalue weighted by molar-refractivity contribution is 5.93. The van der Waals surface area contributed by atoms with E-state index in [1.165, 1.54) is 0 Å². The van der Waals surface area contributed by atoms with Gasteiger partial charge in [0.15, 0.2) is 5.69 Å². The molecule has 0 saturated carbocycles. The molecule has 2 heterocycles. The topological polar surface area (TPSA) is 83.6 Å². The molecular formula is C13H18N2O4. The Kier molecular flexibility index (Phi) is 3.59. The average molecular weight is 266 g/mol. The highest BCUT2D eigenvalue weighted by Gasteiger charge is 2.45. The smallest absolute Gasteiger partial charge is 0.311 e. The number of aromatic nitrogens is 1. The van der Waals surface area contributed by atoms with Crippen LogP contribution in [0.25, 0.3) is 0 Å². The maximum atomic E-state index is 12.2. The molecule has 0 spiro atoms. The summed E-state index contributed by atoms with van der Waals surface area (Å²) >= 11 is 0. The van der Waals surface area contributed by atoms with Crippen LogP contribution >= 0.6 is 0 Å². The molecule has 6 heteroatoms.